The van der Waals surface area contributed by atoms with Crippen molar-refractivity contribution in [2.45, 2.75) is 168 Å². The second-order valence-electron chi connectivity index (χ2n) is 33.4. The van der Waals surface area contributed by atoms with Gasteiger partial charge in [0.15, 0.2) is 18.7 Å². The van der Waals surface area contributed by atoms with Gasteiger partial charge in [-0.2, -0.15) is 0 Å². The number of nitrogens with zero attached hydrogens (tertiary/aromatic N) is 10. The number of halogens is 1. The van der Waals surface area contributed by atoms with Crippen molar-refractivity contribution in [1.82, 2.24) is 35.1 Å². The van der Waals surface area contributed by atoms with Gasteiger partial charge in [0.2, 0.25) is 11.8 Å². The van der Waals surface area contributed by atoms with Crippen molar-refractivity contribution in [1.29, 1.82) is 0 Å². The predicted molar refractivity (Wildman–Crippen MR) is 481 cm³/mol. The Morgan fingerprint density at radius 3 is 1.28 bits per heavy atom. The van der Waals surface area contributed by atoms with Gasteiger partial charge in [0.1, 0.15) is 101 Å². The van der Waals surface area contributed by atoms with Crippen LogP contribution in [-0.2, 0) is 33.3 Å². The molecule has 2 amide bonds. The lowest BCUT2D eigenvalue weighted by molar-refractivity contribution is -0.118. The minimum Gasteiger partial charge on any atom is -0.390 e. The second-order valence-corrected chi connectivity index (χ2v) is 56.1. The highest BCUT2D eigenvalue weighted by molar-refractivity contribution is 9.09. The number of ether oxygens (including phenoxy) is 5. The van der Waals surface area contributed by atoms with Crippen LogP contribution in [-0.4, -0.2) is 346 Å². The van der Waals surface area contributed by atoms with Gasteiger partial charge in [0.25, 0.3) is 0 Å². The lowest BCUT2D eigenvalue weighted by atomic mass is 9.96. The number of aliphatic imine (C=N–C) groups is 5. The molecule has 0 spiro atoms. The van der Waals surface area contributed by atoms with Crippen LogP contribution in [0.2, 0.25) is 0 Å². The first-order valence-corrected chi connectivity index (χ1v) is 53.5. The molecule has 35 heteroatoms. The van der Waals surface area contributed by atoms with E-state index in [1.165, 1.54) is 13.8 Å². The smallest absolute Gasteiger partial charge is 0.222 e. The van der Waals surface area contributed by atoms with E-state index in [9.17, 15) is 45.3 Å². The lowest BCUT2D eigenvalue weighted by Gasteiger charge is -2.32. The van der Waals surface area contributed by atoms with E-state index in [0.29, 0.717) is 64.7 Å². The van der Waals surface area contributed by atoms with E-state index < -0.39 is 107 Å². The molecule has 15 N–H and O–H groups in total. The SMILES string of the molecule is C=C1N=C(N)C=CN1[C@@H]1C=C(CCP(=C)(C)C)[C@@H](O)[C@H]1O.C=C1N=C(N)C=CN1[C@@H]1O[C@H](CCP(=C)(C)C)[C@@H](O)[C@H]1C.C=C1N=C(N)C=CN1[C@@H]1O[C@](C)(CCP(=C)(C)C)[C@@H](O)[C@H]1Br.C=C1N=C(NC(C)=O)C=CN1[C@@H]1O[C@H](CCP(=C)(C)C)[C@@H](O)[C@H]1O.C=C1N=C(NC(C)=O)C=CN1[C@@H]1O[C@H](CCP(=C)(C)C)[C@@H](O)[C@H]1OC. The quantitative estimate of drug-likeness (QED) is 0.0377. The van der Waals surface area contributed by atoms with E-state index in [1.807, 2.05) is 31.0 Å². The second kappa shape index (κ2) is 40.2. The van der Waals surface area contributed by atoms with Crippen molar-refractivity contribution in [3.8, 4) is 0 Å². The van der Waals surface area contributed by atoms with Crippen LogP contribution in [0.5, 0.6) is 0 Å². The summed E-state index contributed by atoms with van der Waals surface area (Å²) >= 11 is 3.57. The number of alkyl halides is 1. The molecular weight excluding hydrogens is 1610 g/mol. The number of carbonyl (C=O) groups excluding carboxylic acids is 2. The Bertz CT molecular complexity index is 4130. The van der Waals surface area contributed by atoms with Gasteiger partial charge in [0.05, 0.1) is 47.0 Å². The minimum atomic E-state index is -1.23. The van der Waals surface area contributed by atoms with Gasteiger partial charge in [0, 0.05) is 57.9 Å². The summed E-state index contributed by atoms with van der Waals surface area (Å²) < 4.78 is 29.7. The Labute approximate surface area is 679 Å². The number of hydrogen-bond donors (Lipinski definition) is 12. The maximum Gasteiger partial charge on any atom is 0.222 e. The molecule has 113 heavy (non-hydrogen) atoms. The summed E-state index contributed by atoms with van der Waals surface area (Å²) in [7, 11) is 1.55. The molecule has 29 nitrogen and oxygen atoms in total. The molecule has 0 bridgehead atoms. The van der Waals surface area contributed by atoms with Crippen molar-refractivity contribution in [3.63, 3.8) is 0 Å². The number of nitrogens with one attached hydrogen (secondary N) is 2. The normalized spacial score (nSPS) is 31.7. The van der Waals surface area contributed by atoms with Gasteiger partial charge in [-0.25, -0.2) is 25.0 Å². The molecule has 0 aromatic carbocycles. The number of aliphatic hydroxyl groups excluding tert-OH is 7. The van der Waals surface area contributed by atoms with Gasteiger partial charge < -0.3 is 112 Å². The molecule has 10 rings (SSSR count). The maximum absolute atomic E-state index is 11.1. The zero-order valence-corrected chi connectivity index (χ0v) is 74.7. The summed E-state index contributed by atoms with van der Waals surface area (Å²) in [5.41, 5.74) is 17.2. The fourth-order valence-electron chi connectivity index (χ4n) is 13.2. The number of aliphatic hydroxyl groups is 7. The Morgan fingerprint density at radius 2 is 0.876 bits per heavy atom. The first kappa shape index (κ1) is 96.2. The van der Waals surface area contributed by atoms with Gasteiger partial charge in [-0.05, 0) is 172 Å². The fraction of sp³-hybridized carbons (Fsp3) is 0.564. The predicted octanol–water partition coefficient (Wildman–Crippen LogP) is 5.61. The summed E-state index contributed by atoms with van der Waals surface area (Å²) in [4.78, 5) is 51.5. The van der Waals surface area contributed by atoms with Gasteiger partial charge >= 0.3 is 0 Å². The number of nitrogens with two attached hydrogens (primary N) is 3. The molecule has 632 valence electrons. The third-order valence-corrected chi connectivity index (χ3v) is 27.9. The van der Waals surface area contributed by atoms with Crippen LogP contribution in [0, 0.1) is 5.92 Å². The van der Waals surface area contributed by atoms with Crippen LogP contribution in [0.1, 0.15) is 59.8 Å². The summed E-state index contributed by atoms with van der Waals surface area (Å²) in [5, 5.41) is 77.9. The number of amides is 2. The van der Waals surface area contributed by atoms with Gasteiger partial charge in [-0.15, -0.1) is 65.9 Å². The highest BCUT2D eigenvalue weighted by Gasteiger charge is 2.53. The first-order chi connectivity index (χ1) is 52.1. The van der Waals surface area contributed by atoms with Crippen LogP contribution in [0.3, 0.4) is 0 Å². The molecule has 10 aliphatic rings. The van der Waals surface area contributed by atoms with Crippen molar-refractivity contribution < 1.29 is 69.0 Å². The maximum atomic E-state index is 11.1. The molecule has 0 radical (unpaired) electrons. The number of amidine groups is 5. The lowest BCUT2D eigenvalue weighted by Crippen LogP contribution is -2.43. The Morgan fingerprint density at radius 1 is 0.513 bits per heavy atom. The summed E-state index contributed by atoms with van der Waals surface area (Å²) in [5.74, 6) is 3.83. The molecule has 4 fully saturated rings. The van der Waals surface area contributed by atoms with Crippen molar-refractivity contribution >= 4 is 123 Å². The molecule has 9 aliphatic heterocycles. The van der Waals surface area contributed by atoms with Gasteiger partial charge in [-0.1, -0.05) is 61.8 Å². The van der Waals surface area contributed by atoms with Crippen molar-refractivity contribution in [2.24, 2.45) is 48.1 Å². The van der Waals surface area contributed by atoms with E-state index in [1.54, 1.807) is 81.9 Å². The third-order valence-electron chi connectivity index (χ3n) is 19.7. The largest absolute Gasteiger partial charge is 0.390 e. The Kier molecular flexibility index (Phi) is 34.2. The van der Waals surface area contributed by atoms with E-state index in [4.69, 9.17) is 40.9 Å². The van der Waals surface area contributed by atoms with E-state index in [0.717, 1.165) is 62.1 Å². The average molecular weight is 1740 g/mol. The molecule has 9 heterocycles. The summed E-state index contributed by atoms with van der Waals surface area (Å²) in [6, 6.07) is -0.359. The van der Waals surface area contributed by atoms with Crippen LogP contribution in [0.15, 0.2) is 160 Å². The molecule has 0 aromatic rings. The monoisotopic (exact) mass is 1730 g/mol. The Balaban J connectivity index is 0.000000220. The number of methoxy groups -OCH3 is 1. The van der Waals surface area contributed by atoms with Crippen LogP contribution in [0.25, 0.3) is 0 Å². The van der Waals surface area contributed by atoms with Gasteiger partial charge in [-0.3, -0.25) is 9.59 Å². The molecular formula is C78H129BrN15O14P5. The van der Waals surface area contributed by atoms with Crippen LogP contribution < -0.4 is 27.8 Å². The summed E-state index contributed by atoms with van der Waals surface area (Å²) in [6.45, 7) is 41.9. The van der Waals surface area contributed by atoms with E-state index in [-0.39, 0.29) is 53.3 Å². The van der Waals surface area contributed by atoms with Crippen LogP contribution >= 0.6 is 50.4 Å². The van der Waals surface area contributed by atoms with Crippen molar-refractivity contribution in [2.75, 3.05) is 105 Å². The number of rotatable bonds is 21. The molecule has 19 atom stereocenters. The topological polar surface area (TPSA) is 402 Å². The summed E-state index contributed by atoms with van der Waals surface area (Å²) in [6.07, 6.45) is 39.4. The minimum absolute atomic E-state index is 0.0165. The number of carbonyl (C=O) groups is 2. The Hall–Kier alpha value is -5.67. The van der Waals surface area contributed by atoms with Crippen molar-refractivity contribution in [3.05, 3.63) is 135 Å². The third kappa shape index (κ3) is 28.0. The molecule has 0 saturated carbocycles. The standard InChI is InChI=1S/C17H28N3O4P.C16H26N3O4P.C15H25BrN3O2P.C15H26N3O2P.C15H24N3O2P/c1-11-18-14(19-12(2)21)7-9-20(11)17-16(23-3)15(22)13(24-17)8-10-25(4,5)6;1-10-17-13(18-11(2)20)6-8-19(10)16-15(22)14(21)12(23-16)7-9-24(3,4)5;1-10-18-11(17)6-8-19(10)14-12(16)13(20)15(2,21-14)7-9-22(3,4)5;1-10-14(19)12(7-9-21(3,4)5)20-15(10)18-8-6-13(16)17-11(18)2;1-10-17-13(16)5-7-18(10)12-9-11(14(19)15(12)20)6-8-21(2,3)4/h7,9,13,15-17,22H,1,4,8,10H2,2-3,5-6H3,(H,18,19,21);6,8,12,14-16,21-22H,1,3,7,9H2,2,4-5H3,(H,17,18,20);6,8,12-14,20H,1,3,7,9H2,2,4-5H3,(H2,17,18);6,8,10,12,14-15,19H,2-3,7,9H2,1,4-5H3,(H2,16,17);5,7,9,12,14-15,19-20H,1-2,6,8H2,3-4H3,(H2,16,17)/t13-,15-,16-,17-;12-,14-,15-,16-;12-,13+,14-,15-;10-,12-,14+,15-;12-,14-,15+/m11111/s1. The van der Waals surface area contributed by atoms with E-state index in [2.05, 4.69) is 183 Å². The van der Waals surface area contributed by atoms with E-state index >= 15 is 0 Å². The fourth-order valence-corrected chi connectivity index (χ4v) is 18.9. The average Bonchev–Trinajstić information content (AvgIpc) is 1.59. The highest BCUT2D eigenvalue weighted by atomic mass is 79.9. The number of hydrogen-bond acceptors (Lipinski definition) is 27. The zero-order valence-electron chi connectivity index (χ0n) is 68.7. The molecule has 4 saturated heterocycles. The van der Waals surface area contributed by atoms with Crippen LogP contribution in [0.4, 0.5) is 0 Å². The highest BCUT2D eigenvalue weighted by Crippen LogP contribution is 2.47. The first-order valence-electron chi connectivity index (χ1n) is 37.3. The molecule has 0 aromatic heterocycles. The zero-order chi connectivity index (χ0) is 85.1. The molecule has 0 unspecified atom stereocenters. The molecule has 1 aliphatic carbocycles.